The molecule has 1 aromatic heterocycles. The molecule has 0 aliphatic carbocycles. The fraction of sp³-hybridized carbons (Fsp3) is 0.538. The molecule has 2 rings (SSSR count). The Kier molecular flexibility index (Phi) is 4.09. The van der Waals surface area contributed by atoms with Crippen LogP contribution in [0.4, 0.5) is 4.79 Å². The van der Waals surface area contributed by atoms with E-state index in [-0.39, 0.29) is 18.4 Å². The lowest BCUT2D eigenvalue weighted by molar-refractivity contribution is -0.138. The van der Waals surface area contributed by atoms with Crippen molar-refractivity contribution in [2.24, 2.45) is 5.92 Å². The highest BCUT2D eigenvalue weighted by Crippen LogP contribution is 2.21. The molecule has 1 fully saturated rings. The molecule has 1 unspecified atom stereocenters. The van der Waals surface area contributed by atoms with Crippen molar-refractivity contribution in [2.75, 3.05) is 20.1 Å². The standard InChI is InChI=1S/C13H18N2O4/c1-14(9-11-3-2-6-19-11)13(18)15-5-4-10(8-15)7-12(16)17/h2-3,6,10H,4-5,7-9H2,1H3,(H,16,17). The van der Waals surface area contributed by atoms with Crippen LogP contribution in [0.5, 0.6) is 0 Å². The summed E-state index contributed by atoms with van der Waals surface area (Å²) in [7, 11) is 1.72. The van der Waals surface area contributed by atoms with Crippen molar-refractivity contribution in [3.63, 3.8) is 0 Å². The topological polar surface area (TPSA) is 74.0 Å². The number of nitrogens with zero attached hydrogens (tertiary/aromatic N) is 2. The van der Waals surface area contributed by atoms with Crippen LogP contribution in [0.1, 0.15) is 18.6 Å². The number of furan rings is 1. The summed E-state index contributed by atoms with van der Waals surface area (Å²) in [5.74, 6) is -0.00108. The van der Waals surface area contributed by atoms with E-state index in [0.717, 1.165) is 12.2 Å². The Bertz CT molecular complexity index is 444. The minimum atomic E-state index is -0.803. The number of urea groups is 1. The Labute approximate surface area is 111 Å². The second-order valence-corrected chi connectivity index (χ2v) is 4.92. The third-order valence-electron chi connectivity index (χ3n) is 3.32. The first kappa shape index (κ1) is 13.5. The first-order valence-electron chi connectivity index (χ1n) is 6.30. The van der Waals surface area contributed by atoms with Crippen molar-refractivity contribution >= 4 is 12.0 Å². The second-order valence-electron chi connectivity index (χ2n) is 4.92. The van der Waals surface area contributed by atoms with Gasteiger partial charge in [-0.2, -0.15) is 0 Å². The van der Waals surface area contributed by atoms with Crippen molar-refractivity contribution in [1.82, 2.24) is 9.80 Å². The van der Waals surface area contributed by atoms with Crippen LogP contribution in [0.3, 0.4) is 0 Å². The first-order valence-corrected chi connectivity index (χ1v) is 6.30. The van der Waals surface area contributed by atoms with Gasteiger partial charge < -0.3 is 19.3 Å². The van der Waals surface area contributed by atoms with E-state index in [1.54, 1.807) is 29.2 Å². The van der Waals surface area contributed by atoms with Gasteiger partial charge in [0, 0.05) is 26.6 Å². The molecule has 0 saturated carbocycles. The Balaban J connectivity index is 1.85. The van der Waals surface area contributed by atoms with Gasteiger partial charge in [-0.1, -0.05) is 0 Å². The van der Waals surface area contributed by atoms with E-state index < -0.39 is 5.97 Å². The Morgan fingerprint density at radius 1 is 1.58 bits per heavy atom. The van der Waals surface area contributed by atoms with Crippen LogP contribution in [-0.4, -0.2) is 47.0 Å². The van der Waals surface area contributed by atoms with Gasteiger partial charge in [0.1, 0.15) is 5.76 Å². The molecule has 1 N–H and O–H groups in total. The minimum Gasteiger partial charge on any atom is -0.481 e. The van der Waals surface area contributed by atoms with Gasteiger partial charge in [-0.3, -0.25) is 4.79 Å². The van der Waals surface area contributed by atoms with Gasteiger partial charge in [-0.15, -0.1) is 0 Å². The summed E-state index contributed by atoms with van der Waals surface area (Å²) in [5, 5.41) is 8.75. The van der Waals surface area contributed by atoms with Crippen LogP contribution < -0.4 is 0 Å². The van der Waals surface area contributed by atoms with E-state index in [1.165, 1.54) is 0 Å². The van der Waals surface area contributed by atoms with Crippen LogP contribution in [0.2, 0.25) is 0 Å². The van der Waals surface area contributed by atoms with Crippen molar-refractivity contribution in [2.45, 2.75) is 19.4 Å². The third-order valence-corrected chi connectivity index (χ3v) is 3.32. The fourth-order valence-electron chi connectivity index (χ4n) is 2.37. The first-order chi connectivity index (χ1) is 9.06. The highest BCUT2D eigenvalue weighted by atomic mass is 16.4. The highest BCUT2D eigenvalue weighted by Gasteiger charge is 2.29. The molecule has 19 heavy (non-hydrogen) atoms. The SMILES string of the molecule is CN(Cc1ccco1)C(=O)N1CCC(CC(=O)O)C1. The smallest absolute Gasteiger partial charge is 0.320 e. The highest BCUT2D eigenvalue weighted by molar-refractivity contribution is 5.74. The number of hydrogen-bond donors (Lipinski definition) is 1. The maximum absolute atomic E-state index is 12.2. The monoisotopic (exact) mass is 266 g/mol. The second kappa shape index (κ2) is 5.77. The van der Waals surface area contributed by atoms with E-state index in [4.69, 9.17) is 9.52 Å². The fourth-order valence-corrected chi connectivity index (χ4v) is 2.37. The molecule has 1 atom stereocenters. The van der Waals surface area contributed by atoms with Crippen molar-refractivity contribution in [1.29, 1.82) is 0 Å². The molecule has 0 radical (unpaired) electrons. The molecule has 0 spiro atoms. The number of likely N-dealkylation sites (tertiary alicyclic amines) is 1. The summed E-state index contributed by atoms with van der Waals surface area (Å²) in [4.78, 5) is 26.1. The zero-order valence-corrected chi connectivity index (χ0v) is 10.9. The van der Waals surface area contributed by atoms with Gasteiger partial charge in [0.25, 0.3) is 0 Å². The molecule has 0 aromatic carbocycles. The van der Waals surface area contributed by atoms with Crippen molar-refractivity contribution in [3.8, 4) is 0 Å². The van der Waals surface area contributed by atoms with Crippen LogP contribution in [0, 0.1) is 5.92 Å². The molecule has 1 aliphatic rings. The summed E-state index contributed by atoms with van der Waals surface area (Å²) < 4.78 is 5.20. The van der Waals surface area contributed by atoms with Crippen molar-refractivity contribution in [3.05, 3.63) is 24.2 Å². The maximum Gasteiger partial charge on any atom is 0.320 e. The molecular formula is C13H18N2O4. The summed E-state index contributed by atoms with van der Waals surface area (Å²) in [5.41, 5.74) is 0. The molecule has 104 valence electrons. The third kappa shape index (κ3) is 3.49. The maximum atomic E-state index is 12.2. The molecule has 0 bridgehead atoms. The molecule has 6 nitrogen and oxygen atoms in total. The predicted molar refractivity (Wildman–Crippen MR) is 67.5 cm³/mol. The molecule has 1 aromatic rings. The largest absolute Gasteiger partial charge is 0.481 e. The number of amides is 2. The molecule has 6 heteroatoms. The number of hydrogen-bond acceptors (Lipinski definition) is 3. The van der Waals surface area contributed by atoms with Gasteiger partial charge in [0.15, 0.2) is 0 Å². The summed E-state index contributed by atoms with van der Waals surface area (Å²) in [6.45, 7) is 1.57. The number of rotatable bonds is 4. The van der Waals surface area contributed by atoms with E-state index in [0.29, 0.717) is 19.6 Å². The molecule has 1 aliphatic heterocycles. The molecule has 2 heterocycles. The van der Waals surface area contributed by atoms with E-state index in [9.17, 15) is 9.59 Å². The average molecular weight is 266 g/mol. The Morgan fingerprint density at radius 3 is 3.00 bits per heavy atom. The van der Waals surface area contributed by atoms with Gasteiger partial charge in [-0.05, 0) is 24.5 Å². The Morgan fingerprint density at radius 2 is 2.37 bits per heavy atom. The van der Waals surface area contributed by atoms with Gasteiger partial charge in [0.2, 0.25) is 0 Å². The normalized spacial score (nSPS) is 18.6. The molecule has 2 amide bonds. The minimum absolute atomic E-state index is 0.0680. The molecular weight excluding hydrogens is 248 g/mol. The lowest BCUT2D eigenvalue weighted by Crippen LogP contribution is -2.39. The van der Waals surface area contributed by atoms with Crippen LogP contribution in [0.25, 0.3) is 0 Å². The Hall–Kier alpha value is -1.98. The summed E-state index contributed by atoms with van der Waals surface area (Å²) >= 11 is 0. The lowest BCUT2D eigenvalue weighted by Gasteiger charge is -2.23. The van der Waals surface area contributed by atoms with Gasteiger partial charge in [-0.25, -0.2) is 4.79 Å². The van der Waals surface area contributed by atoms with E-state index in [2.05, 4.69) is 0 Å². The zero-order chi connectivity index (χ0) is 13.8. The average Bonchev–Trinajstić information content (AvgIpc) is 2.98. The molecule has 1 saturated heterocycles. The lowest BCUT2D eigenvalue weighted by atomic mass is 10.1. The van der Waals surface area contributed by atoms with E-state index >= 15 is 0 Å². The quantitative estimate of drug-likeness (QED) is 0.898. The number of carboxylic acid groups (broad SMARTS) is 1. The zero-order valence-electron chi connectivity index (χ0n) is 10.9. The van der Waals surface area contributed by atoms with Crippen LogP contribution in [-0.2, 0) is 11.3 Å². The van der Waals surface area contributed by atoms with Gasteiger partial charge in [0.05, 0.1) is 12.8 Å². The van der Waals surface area contributed by atoms with Gasteiger partial charge >= 0.3 is 12.0 Å². The van der Waals surface area contributed by atoms with Crippen LogP contribution in [0.15, 0.2) is 22.8 Å². The number of carbonyl (C=O) groups excluding carboxylic acids is 1. The number of carbonyl (C=O) groups is 2. The van der Waals surface area contributed by atoms with Crippen molar-refractivity contribution < 1.29 is 19.1 Å². The summed E-state index contributed by atoms with van der Waals surface area (Å²) in [6, 6.07) is 3.53. The van der Waals surface area contributed by atoms with Crippen LogP contribution >= 0.6 is 0 Å². The predicted octanol–water partition coefficient (Wildman–Crippen LogP) is 1.63. The number of carboxylic acids is 1. The van der Waals surface area contributed by atoms with E-state index in [1.807, 2.05) is 6.07 Å². The number of aliphatic carboxylic acids is 1. The summed E-state index contributed by atoms with van der Waals surface area (Å²) in [6.07, 6.45) is 2.46.